The van der Waals surface area contributed by atoms with E-state index in [1.165, 1.54) is 5.56 Å². The third-order valence-corrected chi connectivity index (χ3v) is 3.04. The van der Waals surface area contributed by atoms with Gasteiger partial charge in [0, 0.05) is 6.54 Å². The van der Waals surface area contributed by atoms with Gasteiger partial charge in [-0.25, -0.2) is 0 Å². The number of hydrogen-bond donors (Lipinski definition) is 2. The third-order valence-electron chi connectivity index (χ3n) is 3.04. The number of aliphatic hydroxyl groups excluding tert-OH is 1. The summed E-state index contributed by atoms with van der Waals surface area (Å²) in [7, 11) is 0. The molecule has 0 amide bonds. The molecular weight excluding hydrogens is 230 g/mol. The summed E-state index contributed by atoms with van der Waals surface area (Å²) in [4.78, 5) is 0. The molecule has 1 heterocycles. The van der Waals surface area contributed by atoms with Gasteiger partial charge < -0.3 is 19.9 Å². The second-order valence-corrected chi connectivity index (χ2v) is 4.88. The van der Waals surface area contributed by atoms with Gasteiger partial charge in [0.1, 0.15) is 18.5 Å². The Hall–Kier alpha value is -1.10. The van der Waals surface area contributed by atoms with Crippen LogP contribution in [-0.4, -0.2) is 43.6 Å². The van der Waals surface area contributed by atoms with Crippen molar-refractivity contribution < 1.29 is 14.6 Å². The number of ether oxygens (including phenoxy) is 2. The zero-order valence-electron chi connectivity index (χ0n) is 11.0. The first kappa shape index (κ1) is 13.3. The number of rotatable bonds is 6. The summed E-state index contributed by atoms with van der Waals surface area (Å²) in [5, 5.41) is 13.0. The lowest BCUT2D eigenvalue weighted by atomic mass is 10.1. The van der Waals surface area contributed by atoms with Gasteiger partial charge in [0.25, 0.3) is 0 Å². The molecule has 1 aromatic rings. The molecular formula is C14H21NO3. The van der Waals surface area contributed by atoms with Crippen LogP contribution in [0.2, 0.25) is 0 Å². The predicted octanol–water partition coefficient (Wildman–Crippen LogP) is 1.03. The van der Waals surface area contributed by atoms with E-state index in [-0.39, 0.29) is 0 Å². The van der Waals surface area contributed by atoms with Crippen LogP contribution < -0.4 is 10.1 Å². The van der Waals surface area contributed by atoms with Crippen molar-refractivity contribution in [3.8, 4) is 5.75 Å². The van der Waals surface area contributed by atoms with Gasteiger partial charge in [-0.15, -0.1) is 0 Å². The molecule has 1 aliphatic rings. The molecule has 1 unspecified atom stereocenters. The first-order valence-corrected chi connectivity index (χ1v) is 6.34. The van der Waals surface area contributed by atoms with E-state index in [0.29, 0.717) is 19.2 Å². The molecule has 0 spiro atoms. The molecule has 0 bridgehead atoms. The topological polar surface area (TPSA) is 50.7 Å². The number of aliphatic hydroxyl groups is 1. The van der Waals surface area contributed by atoms with Crippen LogP contribution in [-0.2, 0) is 4.74 Å². The van der Waals surface area contributed by atoms with Crippen LogP contribution in [0.4, 0.5) is 0 Å². The van der Waals surface area contributed by atoms with Gasteiger partial charge in [-0.05, 0) is 25.5 Å². The van der Waals surface area contributed by atoms with Gasteiger partial charge in [0.2, 0.25) is 0 Å². The second-order valence-electron chi connectivity index (χ2n) is 4.88. The van der Waals surface area contributed by atoms with Crippen LogP contribution >= 0.6 is 0 Å². The van der Waals surface area contributed by atoms with E-state index in [1.807, 2.05) is 19.1 Å². The fraction of sp³-hybridized carbons (Fsp3) is 0.571. The fourth-order valence-electron chi connectivity index (χ4n) is 1.86. The SMILES string of the molecule is Cc1ccc(OCC(O)CNC2COC2)c(C)c1. The average molecular weight is 251 g/mol. The van der Waals surface area contributed by atoms with Crippen molar-refractivity contribution in [3.63, 3.8) is 0 Å². The Morgan fingerprint density at radius 1 is 1.44 bits per heavy atom. The number of benzene rings is 1. The number of hydrogen-bond acceptors (Lipinski definition) is 4. The molecule has 1 aliphatic heterocycles. The minimum absolute atomic E-state index is 0.310. The number of aryl methyl sites for hydroxylation is 2. The van der Waals surface area contributed by atoms with Gasteiger partial charge in [0.15, 0.2) is 0 Å². The normalized spacial score (nSPS) is 17.3. The molecule has 2 N–H and O–H groups in total. The molecule has 0 aliphatic carbocycles. The summed E-state index contributed by atoms with van der Waals surface area (Å²) in [5.41, 5.74) is 2.31. The quantitative estimate of drug-likeness (QED) is 0.793. The van der Waals surface area contributed by atoms with Gasteiger partial charge >= 0.3 is 0 Å². The Labute approximate surface area is 108 Å². The Kier molecular flexibility index (Phi) is 4.58. The van der Waals surface area contributed by atoms with E-state index in [1.54, 1.807) is 0 Å². The van der Waals surface area contributed by atoms with E-state index in [9.17, 15) is 5.11 Å². The highest BCUT2D eigenvalue weighted by Gasteiger charge is 2.18. The molecule has 100 valence electrons. The Morgan fingerprint density at radius 3 is 2.83 bits per heavy atom. The molecule has 4 nitrogen and oxygen atoms in total. The van der Waals surface area contributed by atoms with E-state index in [2.05, 4.69) is 18.3 Å². The van der Waals surface area contributed by atoms with E-state index in [4.69, 9.17) is 9.47 Å². The van der Waals surface area contributed by atoms with Crippen LogP contribution in [0.1, 0.15) is 11.1 Å². The predicted molar refractivity (Wildman–Crippen MR) is 70.0 cm³/mol. The maximum Gasteiger partial charge on any atom is 0.122 e. The Morgan fingerprint density at radius 2 is 2.22 bits per heavy atom. The standard InChI is InChI=1S/C14H21NO3/c1-10-3-4-14(11(2)5-10)18-9-13(16)6-15-12-7-17-8-12/h3-5,12-13,15-16H,6-9H2,1-2H3. The van der Waals surface area contributed by atoms with Gasteiger partial charge in [-0.1, -0.05) is 17.7 Å². The molecule has 1 fully saturated rings. The molecule has 1 aromatic carbocycles. The average Bonchev–Trinajstić information content (AvgIpc) is 2.25. The maximum absolute atomic E-state index is 9.80. The second kappa shape index (κ2) is 6.18. The van der Waals surface area contributed by atoms with E-state index in [0.717, 1.165) is 24.5 Å². The highest BCUT2D eigenvalue weighted by molar-refractivity contribution is 5.35. The first-order chi connectivity index (χ1) is 8.65. The largest absolute Gasteiger partial charge is 0.491 e. The van der Waals surface area contributed by atoms with Crippen LogP contribution in [0.25, 0.3) is 0 Å². The van der Waals surface area contributed by atoms with Crippen LogP contribution in [0.15, 0.2) is 18.2 Å². The Bertz CT molecular complexity index is 391. The molecule has 0 saturated carbocycles. The van der Waals surface area contributed by atoms with Crippen molar-refractivity contribution in [3.05, 3.63) is 29.3 Å². The molecule has 4 heteroatoms. The van der Waals surface area contributed by atoms with Crippen molar-refractivity contribution in [2.75, 3.05) is 26.4 Å². The fourth-order valence-corrected chi connectivity index (χ4v) is 1.86. The van der Waals surface area contributed by atoms with Crippen molar-refractivity contribution >= 4 is 0 Å². The monoisotopic (exact) mass is 251 g/mol. The van der Waals surface area contributed by atoms with Gasteiger partial charge in [-0.3, -0.25) is 0 Å². The third kappa shape index (κ3) is 3.70. The van der Waals surface area contributed by atoms with Crippen LogP contribution in [0.3, 0.4) is 0 Å². The first-order valence-electron chi connectivity index (χ1n) is 6.34. The minimum atomic E-state index is -0.494. The molecule has 1 saturated heterocycles. The molecule has 2 rings (SSSR count). The minimum Gasteiger partial charge on any atom is -0.491 e. The lowest BCUT2D eigenvalue weighted by Crippen LogP contribution is -2.49. The molecule has 1 atom stereocenters. The van der Waals surface area contributed by atoms with Crippen molar-refractivity contribution in [1.29, 1.82) is 0 Å². The molecule has 0 aromatic heterocycles. The van der Waals surface area contributed by atoms with Crippen molar-refractivity contribution in [2.24, 2.45) is 0 Å². The van der Waals surface area contributed by atoms with Crippen LogP contribution in [0, 0.1) is 13.8 Å². The molecule has 18 heavy (non-hydrogen) atoms. The van der Waals surface area contributed by atoms with E-state index >= 15 is 0 Å². The summed E-state index contributed by atoms with van der Waals surface area (Å²) in [6.45, 7) is 6.40. The maximum atomic E-state index is 9.80. The highest BCUT2D eigenvalue weighted by atomic mass is 16.5. The zero-order valence-corrected chi connectivity index (χ0v) is 11.0. The summed E-state index contributed by atoms with van der Waals surface area (Å²) < 4.78 is 10.7. The van der Waals surface area contributed by atoms with Crippen LogP contribution in [0.5, 0.6) is 5.75 Å². The van der Waals surface area contributed by atoms with Gasteiger partial charge in [-0.2, -0.15) is 0 Å². The lowest BCUT2D eigenvalue weighted by molar-refractivity contribution is -0.0118. The number of nitrogens with one attached hydrogen (secondary N) is 1. The smallest absolute Gasteiger partial charge is 0.122 e. The summed E-state index contributed by atoms with van der Waals surface area (Å²) >= 11 is 0. The zero-order chi connectivity index (χ0) is 13.0. The van der Waals surface area contributed by atoms with Crippen molar-refractivity contribution in [2.45, 2.75) is 26.0 Å². The van der Waals surface area contributed by atoms with Gasteiger partial charge in [0.05, 0.1) is 19.3 Å². The van der Waals surface area contributed by atoms with E-state index < -0.39 is 6.10 Å². The highest BCUT2D eigenvalue weighted by Crippen LogP contribution is 2.18. The summed E-state index contributed by atoms with van der Waals surface area (Å²) in [6, 6.07) is 6.43. The van der Waals surface area contributed by atoms with Crippen molar-refractivity contribution in [1.82, 2.24) is 5.32 Å². The lowest BCUT2D eigenvalue weighted by Gasteiger charge is -2.28. The summed E-state index contributed by atoms with van der Waals surface area (Å²) in [5.74, 6) is 0.839. The summed E-state index contributed by atoms with van der Waals surface area (Å²) in [6.07, 6.45) is -0.494. The Balaban J connectivity index is 1.72. The molecule has 0 radical (unpaired) electrons.